The monoisotopic (exact) mass is 397 g/mol. The van der Waals surface area contributed by atoms with Crippen molar-refractivity contribution in [1.82, 2.24) is 15.6 Å². The van der Waals surface area contributed by atoms with E-state index in [1.807, 2.05) is 32.9 Å². The van der Waals surface area contributed by atoms with Gasteiger partial charge in [0, 0.05) is 6.04 Å². The Morgan fingerprint density at radius 3 is 2.17 bits per heavy atom. The van der Waals surface area contributed by atoms with Crippen LogP contribution >= 0.6 is 0 Å². The predicted molar refractivity (Wildman–Crippen MR) is 114 cm³/mol. The summed E-state index contributed by atoms with van der Waals surface area (Å²) in [6.07, 6.45) is 1.89. The summed E-state index contributed by atoms with van der Waals surface area (Å²) < 4.78 is 5.43. The van der Waals surface area contributed by atoms with Gasteiger partial charge >= 0.3 is 0 Å². The van der Waals surface area contributed by atoms with Gasteiger partial charge in [0.1, 0.15) is 5.75 Å². The summed E-state index contributed by atoms with van der Waals surface area (Å²) in [5.41, 5.74) is 2.97. The fraction of sp³-hybridized carbons (Fsp3) is 0.435. The van der Waals surface area contributed by atoms with Crippen LogP contribution in [-0.2, 0) is 16.0 Å². The van der Waals surface area contributed by atoms with Crippen molar-refractivity contribution in [1.29, 1.82) is 0 Å². The minimum atomic E-state index is -0.226. The molecule has 0 aliphatic heterocycles. The molecule has 2 rings (SSSR count). The lowest BCUT2D eigenvalue weighted by Crippen LogP contribution is -2.34. The van der Waals surface area contributed by atoms with E-state index in [1.54, 1.807) is 18.3 Å². The number of aromatic nitrogens is 1. The predicted octanol–water partition coefficient (Wildman–Crippen LogP) is 3.53. The van der Waals surface area contributed by atoms with E-state index in [0.717, 1.165) is 11.3 Å². The number of nitrogens with zero attached hydrogens (tertiary/aromatic N) is 1. The first-order valence-corrected chi connectivity index (χ1v) is 10.0. The largest absolute Gasteiger partial charge is 0.482 e. The van der Waals surface area contributed by atoms with Crippen LogP contribution in [-0.4, -0.2) is 29.4 Å². The molecule has 1 heterocycles. The fourth-order valence-corrected chi connectivity index (χ4v) is 2.82. The van der Waals surface area contributed by atoms with E-state index in [0.29, 0.717) is 18.1 Å². The number of rotatable bonds is 9. The molecule has 29 heavy (non-hydrogen) atoms. The van der Waals surface area contributed by atoms with E-state index in [2.05, 4.69) is 41.6 Å². The van der Waals surface area contributed by atoms with Crippen LogP contribution in [0.15, 0.2) is 42.6 Å². The lowest BCUT2D eigenvalue weighted by atomic mass is 10.0. The summed E-state index contributed by atoms with van der Waals surface area (Å²) in [6.45, 7) is 9.91. The molecule has 0 saturated carbocycles. The van der Waals surface area contributed by atoms with Crippen molar-refractivity contribution in [3.05, 3.63) is 59.4 Å². The number of benzene rings is 1. The Morgan fingerprint density at radius 1 is 0.931 bits per heavy atom. The molecular formula is C23H31N3O3. The van der Waals surface area contributed by atoms with Gasteiger partial charge in [0.05, 0.1) is 24.4 Å². The number of nitrogens with one attached hydrogen (secondary N) is 2. The average Bonchev–Trinajstić information content (AvgIpc) is 2.66. The van der Waals surface area contributed by atoms with Crippen molar-refractivity contribution < 1.29 is 14.3 Å². The third-order valence-corrected chi connectivity index (χ3v) is 4.41. The number of pyridine rings is 1. The number of hydrogen-bond donors (Lipinski definition) is 2. The Balaban J connectivity index is 1.84. The van der Waals surface area contributed by atoms with Crippen molar-refractivity contribution in [2.45, 2.75) is 59.0 Å². The first kappa shape index (κ1) is 22.4. The lowest BCUT2D eigenvalue weighted by molar-refractivity contribution is -0.123. The van der Waals surface area contributed by atoms with Gasteiger partial charge in [0.25, 0.3) is 5.91 Å². The third-order valence-electron chi connectivity index (χ3n) is 4.41. The highest BCUT2D eigenvalue weighted by molar-refractivity contribution is 5.79. The Kier molecular flexibility index (Phi) is 8.19. The topological polar surface area (TPSA) is 80.3 Å². The van der Waals surface area contributed by atoms with Crippen LogP contribution in [0.4, 0.5) is 0 Å². The van der Waals surface area contributed by atoms with Crippen molar-refractivity contribution in [3.63, 3.8) is 0 Å². The highest BCUT2D eigenvalue weighted by Gasteiger charge is 2.12. The van der Waals surface area contributed by atoms with E-state index >= 15 is 0 Å². The fourth-order valence-electron chi connectivity index (χ4n) is 2.82. The van der Waals surface area contributed by atoms with Gasteiger partial charge in [0.15, 0.2) is 6.61 Å². The highest BCUT2D eigenvalue weighted by Crippen LogP contribution is 2.16. The van der Waals surface area contributed by atoms with Gasteiger partial charge in [-0.05, 0) is 49.9 Å². The van der Waals surface area contributed by atoms with Crippen LogP contribution in [0.3, 0.4) is 0 Å². The van der Waals surface area contributed by atoms with Crippen LogP contribution in [0.2, 0.25) is 0 Å². The van der Waals surface area contributed by atoms with Gasteiger partial charge in [-0.3, -0.25) is 14.6 Å². The van der Waals surface area contributed by atoms with Gasteiger partial charge in [-0.25, -0.2) is 0 Å². The number of carbonyl (C=O) groups is 2. The van der Waals surface area contributed by atoms with Crippen molar-refractivity contribution >= 4 is 11.8 Å². The van der Waals surface area contributed by atoms with E-state index in [1.165, 1.54) is 5.56 Å². The summed E-state index contributed by atoms with van der Waals surface area (Å²) in [5.74, 6) is 0.755. The van der Waals surface area contributed by atoms with Crippen LogP contribution in [0, 0.1) is 0 Å². The number of amides is 2. The van der Waals surface area contributed by atoms with Crippen LogP contribution in [0.1, 0.15) is 63.4 Å². The number of carbonyl (C=O) groups excluding carboxylic acids is 2. The molecule has 0 radical (unpaired) electrons. The molecular weight excluding hydrogens is 366 g/mol. The number of hydrogen-bond acceptors (Lipinski definition) is 4. The Hall–Kier alpha value is -2.89. The Morgan fingerprint density at radius 2 is 1.62 bits per heavy atom. The summed E-state index contributed by atoms with van der Waals surface area (Å²) in [6, 6.07) is 11.5. The quantitative estimate of drug-likeness (QED) is 0.678. The number of ether oxygens (including phenoxy) is 1. The molecule has 2 amide bonds. The van der Waals surface area contributed by atoms with Crippen LogP contribution in [0.5, 0.6) is 5.75 Å². The van der Waals surface area contributed by atoms with Gasteiger partial charge in [-0.1, -0.05) is 38.1 Å². The Bertz CT molecular complexity index is 799. The third kappa shape index (κ3) is 7.56. The maximum Gasteiger partial charge on any atom is 0.258 e. The van der Waals surface area contributed by atoms with Gasteiger partial charge in [0.2, 0.25) is 5.91 Å². The normalized spacial score (nSPS) is 12.0. The molecule has 1 aromatic carbocycles. The molecule has 0 aliphatic carbocycles. The molecule has 2 N–H and O–H groups in total. The molecule has 2 aromatic rings. The smallest absolute Gasteiger partial charge is 0.258 e. The second-order valence-corrected chi connectivity index (χ2v) is 7.79. The minimum Gasteiger partial charge on any atom is -0.482 e. The zero-order valence-corrected chi connectivity index (χ0v) is 17.9. The average molecular weight is 398 g/mol. The molecule has 0 fully saturated rings. The molecule has 1 aromatic heterocycles. The molecule has 156 valence electrons. The van der Waals surface area contributed by atoms with E-state index in [9.17, 15) is 9.59 Å². The van der Waals surface area contributed by atoms with Crippen LogP contribution < -0.4 is 15.4 Å². The maximum atomic E-state index is 12.3. The van der Waals surface area contributed by atoms with E-state index in [4.69, 9.17) is 4.74 Å². The van der Waals surface area contributed by atoms with E-state index in [-0.39, 0.29) is 30.5 Å². The zero-order valence-electron chi connectivity index (χ0n) is 17.9. The first-order valence-electron chi connectivity index (χ1n) is 10.0. The molecule has 0 unspecified atom stereocenters. The first-order chi connectivity index (χ1) is 13.7. The second kappa shape index (κ2) is 10.6. The summed E-state index contributed by atoms with van der Waals surface area (Å²) >= 11 is 0. The molecule has 6 nitrogen and oxygen atoms in total. The summed E-state index contributed by atoms with van der Waals surface area (Å²) in [7, 11) is 0. The molecule has 1 atom stereocenters. The van der Waals surface area contributed by atoms with Gasteiger partial charge in [-0.15, -0.1) is 0 Å². The SMILES string of the molecule is CC(C)NC(=O)COc1ccc([C@@H](C)NC(=O)Cc2ccc(C(C)C)cc2)nc1. The van der Waals surface area contributed by atoms with Gasteiger partial charge < -0.3 is 15.4 Å². The van der Waals surface area contributed by atoms with Crippen molar-refractivity contribution in [2.24, 2.45) is 0 Å². The molecule has 0 aliphatic rings. The van der Waals surface area contributed by atoms with E-state index < -0.39 is 0 Å². The summed E-state index contributed by atoms with van der Waals surface area (Å²) in [5, 5.41) is 5.73. The highest BCUT2D eigenvalue weighted by atomic mass is 16.5. The second-order valence-electron chi connectivity index (χ2n) is 7.79. The molecule has 0 saturated heterocycles. The standard InChI is InChI=1S/C23H31N3O3/c1-15(2)19-8-6-18(7-9-19)12-22(27)26-17(5)21-11-10-20(13-24-21)29-14-23(28)25-16(3)4/h6-11,13,15-17H,12,14H2,1-5H3,(H,25,28)(H,26,27)/t17-/m1/s1. The lowest BCUT2D eigenvalue weighted by Gasteiger charge is -2.15. The van der Waals surface area contributed by atoms with Gasteiger partial charge in [-0.2, -0.15) is 0 Å². The molecule has 0 bridgehead atoms. The maximum absolute atomic E-state index is 12.3. The summed E-state index contributed by atoms with van der Waals surface area (Å²) in [4.78, 5) is 28.3. The molecule has 6 heteroatoms. The van der Waals surface area contributed by atoms with Crippen LogP contribution in [0.25, 0.3) is 0 Å². The molecule has 0 spiro atoms. The Labute approximate surface area is 173 Å². The minimum absolute atomic E-state index is 0.0534. The van der Waals surface area contributed by atoms with Crippen molar-refractivity contribution in [3.8, 4) is 5.75 Å². The van der Waals surface area contributed by atoms with Crippen molar-refractivity contribution in [2.75, 3.05) is 6.61 Å². The zero-order chi connectivity index (χ0) is 21.4.